The van der Waals surface area contributed by atoms with Crippen LogP contribution in [0.1, 0.15) is 27.6 Å². The number of amides is 1. The topological polar surface area (TPSA) is 91.2 Å². The van der Waals surface area contributed by atoms with Crippen molar-refractivity contribution in [1.29, 1.82) is 0 Å². The zero-order valence-corrected chi connectivity index (χ0v) is 20.2. The van der Waals surface area contributed by atoms with Crippen molar-refractivity contribution in [3.05, 3.63) is 82.1 Å². The Morgan fingerprint density at radius 2 is 1.73 bits per heavy atom. The van der Waals surface area contributed by atoms with Gasteiger partial charge in [-0.05, 0) is 79.2 Å². The lowest BCUT2D eigenvalue weighted by Crippen LogP contribution is -2.12. The smallest absolute Gasteiger partial charge is 0.256 e. The number of carbonyl (C=O) groups excluding carboxylic acids is 1. The quantitative estimate of drug-likeness (QED) is 0.375. The summed E-state index contributed by atoms with van der Waals surface area (Å²) in [5.74, 6) is 2.62. The molecule has 0 spiro atoms. The van der Waals surface area contributed by atoms with Crippen LogP contribution in [0.4, 0.5) is 5.69 Å². The molecule has 0 aliphatic carbocycles. The number of imidazole rings is 1. The molecule has 1 amide bonds. The number of methoxy groups -OCH3 is 1. The number of nitrogens with one attached hydrogen (secondary N) is 1. The van der Waals surface area contributed by atoms with Crippen LogP contribution in [-0.4, -0.2) is 32.5 Å². The predicted molar refractivity (Wildman–Crippen MR) is 129 cm³/mol. The van der Waals surface area contributed by atoms with E-state index in [1.807, 2.05) is 25.3 Å². The highest BCUT2D eigenvalue weighted by Crippen LogP contribution is 2.26. The molecule has 4 aromatic rings. The van der Waals surface area contributed by atoms with Crippen LogP contribution in [0.5, 0.6) is 17.4 Å². The van der Waals surface area contributed by atoms with E-state index < -0.39 is 0 Å². The van der Waals surface area contributed by atoms with Crippen LogP contribution in [0.2, 0.25) is 0 Å². The fraction of sp³-hybridized carbons (Fsp3) is 0.167. The molecule has 0 aliphatic heterocycles. The second-order valence-corrected chi connectivity index (χ2v) is 8.18. The maximum atomic E-state index is 12.7. The summed E-state index contributed by atoms with van der Waals surface area (Å²) in [7, 11) is 1.56. The molecule has 0 unspecified atom stereocenters. The van der Waals surface area contributed by atoms with Gasteiger partial charge in [0.25, 0.3) is 5.91 Å². The molecule has 1 N–H and O–H groups in total. The van der Waals surface area contributed by atoms with Crippen LogP contribution < -0.4 is 14.8 Å². The third-order valence-corrected chi connectivity index (χ3v) is 5.74. The Kier molecular flexibility index (Phi) is 6.41. The number of aryl methyl sites for hydroxylation is 2. The van der Waals surface area contributed by atoms with Crippen LogP contribution in [-0.2, 0) is 0 Å². The molecule has 8 nitrogen and oxygen atoms in total. The first-order chi connectivity index (χ1) is 15.8. The number of halogens is 1. The number of hydrogen-bond donors (Lipinski definition) is 1. The standard InChI is InChI=1S/C24H22BrN5O3/c1-14-15(2)30(13-26-14)22-12-23(28-16(3)27-22)33-18-7-5-17(6-8-18)29-24(31)20-11-19(32-4)9-10-21(20)25/h5-13H,1-4H3,(H,29,31). The summed E-state index contributed by atoms with van der Waals surface area (Å²) in [6.45, 7) is 5.74. The number of aromatic nitrogens is 4. The summed E-state index contributed by atoms with van der Waals surface area (Å²) in [6.07, 6.45) is 1.73. The van der Waals surface area contributed by atoms with Crippen LogP contribution >= 0.6 is 15.9 Å². The van der Waals surface area contributed by atoms with Crippen molar-refractivity contribution in [3.63, 3.8) is 0 Å². The SMILES string of the molecule is COc1ccc(Br)c(C(=O)Nc2ccc(Oc3cc(-n4cnc(C)c4C)nc(C)n3)cc2)c1. The molecule has 33 heavy (non-hydrogen) atoms. The van der Waals surface area contributed by atoms with E-state index in [0.29, 0.717) is 44.7 Å². The maximum absolute atomic E-state index is 12.7. The Balaban J connectivity index is 1.49. The molecule has 0 saturated carbocycles. The van der Waals surface area contributed by atoms with Crippen molar-refractivity contribution >= 4 is 27.5 Å². The minimum Gasteiger partial charge on any atom is -0.497 e. The number of benzene rings is 2. The van der Waals surface area contributed by atoms with E-state index in [0.717, 1.165) is 11.4 Å². The number of anilines is 1. The average Bonchev–Trinajstić information content (AvgIpc) is 3.13. The minimum absolute atomic E-state index is 0.253. The van der Waals surface area contributed by atoms with Gasteiger partial charge in [0.2, 0.25) is 5.88 Å². The molecule has 0 fully saturated rings. The second kappa shape index (κ2) is 9.41. The van der Waals surface area contributed by atoms with Gasteiger partial charge < -0.3 is 14.8 Å². The van der Waals surface area contributed by atoms with E-state index in [1.54, 1.807) is 62.0 Å². The van der Waals surface area contributed by atoms with Gasteiger partial charge in [-0.2, -0.15) is 4.98 Å². The fourth-order valence-electron chi connectivity index (χ4n) is 3.16. The molecular formula is C24H22BrN5O3. The van der Waals surface area contributed by atoms with Gasteiger partial charge in [-0.3, -0.25) is 9.36 Å². The van der Waals surface area contributed by atoms with Crippen LogP contribution in [0.3, 0.4) is 0 Å². The van der Waals surface area contributed by atoms with E-state index in [4.69, 9.17) is 9.47 Å². The normalized spacial score (nSPS) is 10.7. The van der Waals surface area contributed by atoms with E-state index in [2.05, 4.69) is 36.2 Å². The van der Waals surface area contributed by atoms with Crippen LogP contribution in [0.15, 0.2) is 59.3 Å². The van der Waals surface area contributed by atoms with Crippen molar-refractivity contribution in [3.8, 4) is 23.2 Å². The molecular weight excluding hydrogens is 486 g/mol. The Morgan fingerprint density at radius 3 is 2.39 bits per heavy atom. The largest absolute Gasteiger partial charge is 0.497 e. The van der Waals surface area contributed by atoms with E-state index in [-0.39, 0.29) is 5.91 Å². The highest BCUT2D eigenvalue weighted by Gasteiger charge is 2.13. The van der Waals surface area contributed by atoms with Crippen molar-refractivity contribution in [2.75, 3.05) is 12.4 Å². The summed E-state index contributed by atoms with van der Waals surface area (Å²) in [6, 6.07) is 14.0. The summed E-state index contributed by atoms with van der Waals surface area (Å²) >= 11 is 3.40. The van der Waals surface area contributed by atoms with Crippen molar-refractivity contribution in [2.24, 2.45) is 0 Å². The number of hydrogen-bond acceptors (Lipinski definition) is 6. The molecule has 0 saturated heterocycles. The highest BCUT2D eigenvalue weighted by molar-refractivity contribution is 9.10. The van der Waals surface area contributed by atoms with E-state index >= 15 is 0 Å². The van der Waals surface area contributed by atoms with Gasteiger partial charge in [-0.25, -0.2) is 9.97 Å². The Bertz CT molecular complexity index is 1320. The first kappa shape index (κ1) is 22.5. The minimum atomic E-state index is -0.253. The zero-order valence-electron chi connectivity index (χ0n) is 18.6. The number of carbonyl (C=O) groups is 1. The molecule has 168 valence electrons. The van der Waals surface area contributed by atoms with Gasteiger partial charge >= 0.3 is 0 Å². The Labute approximate surface area is 199 Å². The zero-order chi connectivity index (χ0) is 23.5. The lowest BCUT2D eigenvalue weighted by Gasteiger charge is -2.11. The Hall–Kier alpha value is -3.72. The van der Waals surface area contributed by atoms with Crippen molar-refractivity contribution in [1.82, 2.24) is 19.5 Å². The van der Waals surface area contributed by atoms with Crippen LogP contribution in [0, 0.1) is 20.8 Å². The number of ether oxygens (including phenoxy) is 2. The van der Waals surface area contributed by atoms with Gasteiger partial charge in [0.1, 0.15) is 29.5 Å². The average molecular weight is 508 g/mol. The molecule has 0 aliphatic rings. The van der Waals surface area contributed by atoms with Gasteiger partial charge in [-0.15, -0.1) is 0 Å². The molecule has 0 bridgehead atoms. The summed E-state index contributed by atoms with van der Waals surface area (Å²) in [4.78, 5) is 25.8. The first-order valence-electron chi connectivity index (χ1n) is 10.1. The van der Waals surface area contributed by atoms with Crippen LogP contribution in [0.25, 0.3) is 5.82 Å². The lowest BCUT2D eigenvalue weighted by atomic mass is 10.2. The number of nitrogens with zero attached hydrogens (tertiary/aromatic N) is 4. The molecule has 2 heterocycles. The third kappa shape index (κ3) is 5.04. The first-order valence-corrected chi connectivity index (χ1v) is 10.9. The molecule has 9 heteroatoms. The van der Waals surface area contributed by atoms with Crippen molar-refractivity contribution in [2.45, 2.75) is 20.8 Å². The summed E-state index contributed by atoms with van der Waals surface area (Å²) < 4.78 is 13.7. The number of rotatable bonds is 6. The van der Waals surface area contributed by atoms with Crippen molar-refractivity contribution < 1.29 is 14.3 Å². The molecule has 0 radical (unpaired) electrons. The predicted octanol–water partition coefficient (Wildman–Crippen LogP) is 5.40. The summed E-state index contributed by atoms with van der Waals surface area (Å²) in [5.41, 5.74) is 3.05. The monoisotopic (exact) mass is 507 g/mol. The molecule has 2 aromatic carbocycles. The Morgan fingerprint density at radius 1 is 1.00 bits per heavy atom. The molecule has 0 atom stereocenters. The van der Waals surface area contributed by atoms with Gasteiger partial charge in [0.15, 0.2) is 0 Å². The van der Waals surface area contributed by atoms with Gasteiger partial charge in [0, 0.05) is 21.9 Å². The second-order valence-electron chi connectivity index (χ2n) is 7.32. The fourth-order valence-corrected chi connectivity index (χ4v) is 3.59. The van der Waals surface area contributed by atoms with Gasteiger partial charge in [-0.1, -0.05) is 0 Å². The van der Waals surface area contributed by atoms with E-state index in [9.17, 15) is 4.79 Å². The molecule has 4 rings (SSSR count). The molecule has 2 aromatic heterocycles. The third-order valence-electron chi connectivity index (χ3n) is 5.05. The summed E-state index contributed by atoms with van der Waals surface area (Å²) in [5, 5.41) is 2.87. The lowest BCUT2D eigenvalue weighted by molar-refractivity contribution is 0.102. The highest BCUT2D eigenvalue weighted by atomic mass is 79.9. The van der Waals surface area contributed by atoms with Gasteiger partial charge in [0.05, 0.1) is 18.4 Å². The van der Waals surface area contributed by atoms with E-state index in [1.165, 1.54) is 0 Å². The maximum Gasteiger partial charge on any atom is 0.256 e.